The Balaban J connectivity index is 2.39. The number of ether oxygens (including phenoxy) is 2. The van der Waals surface area contributed by atoms with Gasteiger partial charge < -0.3 is 14.6 Å². The van der Waals surface area contributed by atoms with E-state index in [2.05, 4.69) is 4.99 Å². The van der Waals surface area contributed by atoms with Gasteiger partial charge in [0.15, 0.2) is 0 Å². The van der Waals surface area contributed by atoms with E-state index in [4.69, 9.17) is 9.47 Å². The average molecular weight is 247 g/mol. The fourth-order valence-corrected chi connectivity index (χ4v) is 1.71. The van der Waals surface area contributed by atoms with E-state index < -0.39 is 5.97 Å². The van der Waals surface area contributed by atoms with Gasteiger partial charge in [-0.05, 0) is 19.1 Å². The van der Waals surface area contributed by atoms with Crippen LogP contribution in [0.3, 0.4) is 0 Å². The molecule has 0 aliphatic carbocycles. The molecule has 5 heteroatoms. The van der Waals surface area contributed by atoms with Crippen LogP contribution in [-0.2, 0) is 9.53 Å². The summed E-state index contributed by atoms with van der Waals surface area (Å²) in [5, 5.41) is 9.56. The molecule has 0 aromatic heterocycles. The van der Waals surface area contributed by atoms with Crippen LogP contribution in [0.15, 0.2) is 40.6 Å². The highest BCUT2D eigenvalue weighted by molar-refractivity contribution is 6.20. The lowest BCUT2D eigenvalue weighted by molar-refractivity contribution is -0.135. The third-order valence-electron chi connectivity index (χ3n) is 2.57. The van der Waals surface area contributed by atoms with Gasteiger partial charge in [-0.1, -0.05) is 12.1 Å². The molecule has 0 fully saturated rings. The molecule has 1 aliphatic rings. The van der Waals surface area contributed by atoms with Gasteiger partial charge >= 0.3 is 5.97 Å². The quantitative estimate of drug-likeness (QED) is 0.656. The number of hydrogen-bond acceptors (Lipinski definition) is 5. The molecule has 0 atom stereocenters. The van der Waals surface area contributed by atoms with E-state index in [9.17, 15) is 9.90 Å². The van der Waals surface area contributed by atoms with Gasteiger partial charge in [-0.2, -0.15) is 0 Å². The molecule has 94 valence electrons. The van der Waals surface area contributed by atoms with Gasteiger partial charge in [0.2, 0.25) is 0 Å². The van der Waals surface area contributed by atoms with Crippen LogP contribution >= 0.6 is 0 Å². The normalized spacial score (nSPS) is 15.9. The molecule has 18 heavy (non-hydrogen) atoms. The maximum Gasteiger partial charge on any atom is 0.344 e. The summed E-state index contributed by atoms with van der Waals surface area (Å²) in [6, 6.07) is 7.18. The lowest BCUT2D eigenvalue weighted by Crippen LogP contribution is -2.07. The predicted molar refractivity (Wildman–Crippen MR) is 66.4 cm³/mol. The van der Waals surface area contributed by atoms with Gasteiger partial charge in [0.05, 0.1) is 12.8 Å². The summed E-state index contributed by atoms with van der Waals surface area (Å²) < 4.78 is 9.88. The molecule has 0 radical (unpaired) electrons. The second kappa shape index (κ2) is 4.91. The first-order valence-corrected chi connectivity index (χ1v) is 5.41. The first-order chi connectivity index (χ1) is 8.63. The van der Waals surface area contributed by atoms with Crippen LogP contribution in [0, 0.1) is 0 Å². The number of benzene rings is 1. The van der Waals surface area contributed by atoms with E-state index >= 15 is 0 Å². The number of esters is 1. The highest BCUT2D eigenvalue weighted by atomic mass is 16.5. The van der Waals surface area contributed by atoms with Crippen LogP contribution in [0.2, 0.25) is 0 Å². The summed E-state index contributed by atoms with van der Waals surface area (Å²) in [7, 11) is 1.55. The van der Waals surface area contributed by atoms with E-state index in [0.29, 0.717) is 17.1 Å². The Labute approximate surface area is 104 Å². The van der Waals surface area contributed by atoms with E-state index in [1.54, 1.807) is 26.2 Å². The molecule has 0 spiro atoms. The molecule has 0 unspecified atom stereocenters. The molecule has 0 saturated carbocycles. The van der Waals surface area contributed by atoms with Gasteiger partial charge in [-0.25, -0.2) is 9.79 Å². The molecule has 0 bridgehead atoms. The van der Waals surface area contributed by atoms with Crippen molar-refractivity contribution in [3.8, 4) is 5.75 Å². The standard InChI is InChI=1S/C13H13NO4/c1-8(12-10(15)7-18-13(12)16)14-9-5-3-4-6-11(9)17-2/h3-6,15H,7H2,1-2H3. The lowest BCUT2D eigenvalue weighted by atomic mass is 10.1. The van der Waals surface area contributed by atoms with Crippen molar-refractivity contribution in [3.05, 3.63) is 35.6 Å². The Morgan fingerprint density at radius 3 is 2.78 bits per heavy atom. The molecule has 1 N–H and O–H groups in total. The summed E-state index contributed by atoms with van der Waals surface area (Å²) in [6.07, 6.45) is 0. The zero-order valence-corrected chi connectivity index (χ0v) is 10.1. The largest absolute Gasteiger partial charge is 0.508 e. The summed E-state index contributed by atoms with van der Waals surface area (Å²) in [4.78, 5) is 15.7. The minimum absolute atomic E-state index is 0.0869. The third-order valence-corrected chi connectivity index (χ3v) is 2.57. The molecule has 1 aromatic carbocycles. The topological polar surface area (TPSA) is 68.1 Å². The number of aliphatic hydroxyl groups is 1. The molecule has 2 rings (SSSR count). The van der Waals surface area contributed by atoms with E-state index in [-0.39, 0.29) is 17.9 Å². The third kappa shape index (κ3) is 2.20. The zero-order chi connectivity index (χ0) is 13.1. The number of nitrogens with zero attached hydrogens (tertiary/aromatic N) is 1. The van der Waals surface area contributed by atoms with Gasteiger partial charge in [0.1, 0.15) is 29.4 Å². The first-order valence-electron chi connectivity index (χ1n) is 5.41. The smallest absolute Gasteiger partial charge is 0.344 e. The molecular weight excluding hydrogens is 234 g/mol. The van der Waals surface area contributed by atoms with Crippen molar-refractivity contribution >= 4 is 17.4 Å². The van der Waals surface area contributed by atoms with Crippen LogP contribution in [0.4, 0.5) is 5.69 Å². The fourth-order valence-electron chi connectivity index (χ4n) is 1.71. The highest BCUT2D eigenvalue weighted by Crippen LogP contribution is 2.28. The summed E-state index contributed by atoms with van der Waals surface area (Å²) in [6.45, 7) is 1.55. The van der Waals surface area contributed by atoms with Gasteiger partial charge in [-0.15, -0.1) is 0 Å². The average Bonchev–Trinajstić information content (AvgIpc) is 2.69. The first kappa shape index (κ1) is 12.2. The minimum atomic E-state index is -0.552. The number of cyclic esters (lactones) is 1. The van der Waals surface area contributed by atoms with Crippen LogP contribution in [0.25, 0.3) is 0 Å². The van der Waals surface area contributed by atoms with E-state index in [1.807, 2.05) is 12.1 Å². The predicted octanol–water partition coefficient (Wildman–Crippen LogP) is 2.16. The van der Waals surface area contributed by atoms with Crippen molar-refractivity contribution in [2.24, 2.45) is 4.99 Å². The van der Waals surface area contributed by atoms with Crippen LogP contribution in [-0.4, -0.2) is 30.5 Å². The number of aliphatic hydroxyl groups excluding tert-OH is 1. The van der Waals surface area contributed by atoms with Crippen molar-refractivity contribution in [3.63, 3.8) is 0 Å². The van der Waals surface area contributed by atoms with Gasteiger partial charge in [0, 0.05) is 0 Å². The Kier molecular flexibility index (Phi) is 3.32. The van der Waals surface area contributed by atoms with Gasteiger partial charge in [-0.3, -0.25) is 0 Å². The Morgan fingerprint density at radius 1 is 1.44 bits per heavy atom. The lowest BCUT2D eigenvalue weighted by Gasteiger charge is -2.05. The molecular formula is C13H13NO4. The van der Waals surface area contributed by atoms with Crippen LogP contribution in [0.5, 0.6) is 5.75 Å². The summed E-state index contributed by atoms with van der Waals surface area (Å²) >= 11 is 0. The van der Waals surface area contributed by atoms with Crippen molar-refractivity contribution < 1.29 is 19.4 Å². The molecule has 1 aromatic rings. The second-order valence-electron chi connectivity index (χ2n) is 3.77. The fraction of sp³-hybridized carbons (Fsp3) is 0.231. The Morgan fingerprint density at radius 2 is 2.17 bits per heavy atom. The zero-order valence-electron chi connectivity index (χ0n) is 10.1. The van der Waals surface area contributed by atoms with Crippen LogP contribution in [0.1, 0.15) is 6.92 Å². The molecule has 0 amide bonds. The van der Waals surface area contributed by atoms with E-state index in [1.165, 1.54) is 0 Å². The minimum Gasteiger partial charge on any atom is -0.508 e. The second-order valence-corrected chi connectivity index (χ2v) is 3.77. The number of para-hydroxylation sites is 2. The van der Waals surface area contributed by atoms with Crippen molar-refractivity contribution in [2.75, 3.05) is 13.7 Å². The van der Waals surface area contributed by atoms with Gasteiger partial charge in [0.25, 0.3) is 0 Å². The molecule has 1 heterocycles. The number of carbonyl (C=O) groups excluding carboxylic acids is 1. The van der Waals surface area contributed by atoms with Crippen LogP contribution < -0.4 is 4.74 Å². The Hall–Kier alpha value is -2.30. The number of aliphatic imine (C=N–C) groups is 1. The molecule has 5 nitrogen and oxygen atoms in total. The van der Waals surface area contributed by atoms with Crippen molar-refractivity contribution in [1.82, 2.24) is 0 Å². The number of carbonyl (C=O) groups is 1. The number of methoxy groups -OCH3 is 1. The van der Waals surface area contributed by atoms with Crippen molar-refractivity contribution in [2.45, 2.75) is 6.92 Å². The highest BCUT2D eigenvalue weighted by Gasteiger charge is 2.27. The molecule has 0 saturated heterocycles. The monoisotopic (exact) mass is 247 g/mol. The molecule has 1 aliphatic heterocycles. The maximum atomic E-state index is 11.4. The van der Waals surface area contributed by atoms with Crippen molar-refractivity contribution in [1.29, 1.82) is 0 Å². The summed E-state index contributed by atoms with van der Waals surface area (Å²) in [5.41, 5.74) is 1.12. The maximum absolute atomic E-state index is 11.4. The van der Waals surface area contributed by atoms with E-state index in [0.717, 1.165) is 0 Å². The Bertz CT molecular complexity index is 546. The number of rotatable bonds is 3. The number of hydrogen-bond donors (Lipinski definition) is 1. The summed E-state index contributed by atoms with van der Waals surface area (Å²) in [5.74, 6) is -0.0388. The SMILES string of the molecule is COc1ccccc1N=C(C)C1=C(O)COC1=O.